The summed E-state index contributed by atoms with van der Waals surface area (Å²) in [5.41, 5.74) is 3.58. The van der Waals surface area contributed by atoms with E-state index in [-0.39, 0.29) is 5.91 Å². The van der Waals surface area contributed by atoms with Crippen molar-refractivity contribution in [3.63, 3.8) is 0 Å². The fourth-order valence-corrected chi connectivity index (χ4v) is 3.46. The van der Waals surface area contributed by atoms with E-state index in [1.165, 1.54) is 11.3 Å². The van der Waals surface area contributed by atoms with Gasteiger partial charge in [-0.05, 0) is 36.2 Å². The van der Waals surface area contributed by atoms with Crippen molar-refractivity contribution in [2.45, 2.75) is 19.9 Å². The third kappa shape index (κ3) is 4.99. The number of nitrogens with zero attached hydrogens (tertiary/aromatic N) is 2. The molecule has 0 saturated carbocycles. The summed E-state index contributed by atoms with van der Waals surface area (Å²) in [6.45, 7) is 6.83. The predicted molar refractivity (Wildman–Crippen MR) is 108 cm³/mol. The molecule has 4 nitrogen and oxygen atoms in total. The molecule has 1 heterocycles. The van der Waals surface area contributed by atoms with Gasteiger partial charge in [-0.3, -0.25) is 4.79 Å². The second-order valence-corrected chi connectivity index (χ2v) is 7.13. The zero-order valence-electron chi connectivity index (χ0n) is 15.2. The Bertz CT molecular complexity index is 742. The zero-order chi connectivity index (χ0) is 18.4. The van der Waals surface area contributed by atoms with Gasteiger partial charge in [-0.2, -0.15) is 0 Å². The summed E-state index contributed by atoms with van der Waals surface area (Å²) in [5.74, 6) is 0.223. The molecule has 0 spiro atoms. The largest absolute Gasteiger partial charge is 0.368 e. The lowest BCUT2D eigenvalue weighted by Crippen LogP contribution is -2.49. The fraction of sp³-hybridized carbons (Fsp3) is 0.381. The normalized spacial score (nSPS) is 14.5. The Balaban J connectivity index is 1.39. The third-order valence-corrected chi connectivity index (χ3v) is 5.16. The summed E-state index contributed by atoms with van der Waals surface area (Å²) in [6.07, 6.45) is 0.523. The highest BCUT2D eigenvalue weighted by Crippen LogP contribution is 2.18. The molecular formula is C21H26ClN3O. The predicted octanol–water partition coefficient (Wildman–Crippen LogP) is 3.48. The van der Waals surface area contributed by atoms with Crippen molar-refractivity contribution in [1.82, 2.24) is 10.2 Å². The molecule has 0 unspecified atom stereocenters. The van der Waals surface area contributed by atoms with Crippen molar-refractivity contribution in [2.24, 2.45) is 0 Å². The van der Waals surface area contributed by atoms with Gasteiger partial charge in [0.1, 0.15) is 0 Å². The molecule has 0 aliphatic carbocycles. The van der Waals surface area contributed by atoms with E-state index in [0.717, 1.165) is 36.8 Å². The molecule has 1 amide bonds. The zero-order valence-corrected chi connectivity index (χ0v) is 16.0. The Morgan fingerprint density at radius 1 is 1.08 bits per heavy atom. The van der Waals surface area contributed by atoms with E-state index in [4.69, 9.17) is 11.6 Å². The molecule has 2 aromatic rings. The summed E-state index contributed by atoms with van der Waals surface area (Å²) >= 11 is 6.14. The SMILES string of the molecule is Cc1cccc(N2CCN(C(=O)CCNCc3ccccc3Cl)CC2)c1. The van der Waals surface area contributed by atoms with E-state index < -0.39 is 0 Å². The van der Waals surface area contributed by atoms with Crippen LogP contribution in [0.15, 0.2) is 48.5 Å². The summed E-state index contributed by atoms with van der Waals surface area (Å²) in [6, 6.07) is 16.3. The van der Waals surface area contributed by atoms with Crippen molar-refractivity contribution >= 4 is 23.2 Å². The highest BCUT2D eigenvalue weighted by Gasteiger charge is 2.20. The topological polar surface area (TPSA) is 35.6 Å². The van der Waals surface area contributed by atoms with Gasteiger partial charge in [0, 0.05) is 56.4 Å². The standard InChI is InChI=1S/C21H26ClN3O/c1-17-5-4-7-19(15-17)24-11-13-25(14-12-24)21(26)9-10-23-16-18-6-2-3-8-20(18)22/h2-8,15,23H,9-14,16H2,1H3. The number of carbonyl (C=O) groups is 1. The van der Waals surface area contributed by atoms with E-state index in [9.17, 15) is 4.79 Å². The Labute approximate surface area is 160 Å². The first-order chi connectivity index (χ1) is 12.6. The number of nitrogens with one attached hydrogen (secondary N) is 1. The van der Waals surface area contributed by atoms with E-state index in [1.807, 2.05) is 29.2 Å². The number of rotatable bonds is 6. The molecule has 26 heavy (non-hydrogen) atoms. The van der Waals surface area contributed by atoms with Crippen LogP contribution in [0, 0.1) is 6.92 Å². The average Bonchev–Trinajstić information content (AvgIpc) is 2.66. The number of hydrogen-bond donors (Lipinski definition) is 1. The number of aryl methyl sites for hydroxylation is 1. The molecule has 0 bridgehead atoms. The lowest BCUT2D eigenvalue weighted by atomic mass is 10.2. The van der Waals surface area contributed by atoms with Gasteiger partial charge in [0.2, 0.25) is 5.91 Å². The van der Waals surface area contributed by atoms with E-state index >= 15 is 0 Å². The third-order valence-electron chi connectivity index (χ3n) is 4.79. The van der Waals surface area contributed by atoms with Crippen LogP contribution in [0.2, 0.25) is 5.02 Å². The van der Waals surface area contributed by atoms with Crippen LogP contribution >= 0.6 is 11.6 Å². The maximum absolute atomic E-state index is 12.4. The molecule has 1 fully saturated rings. The molecule has 138 valence electrons. The molecule has 1 saturated heterocycles. The van der Waals surface area contributed by atoms with E-state index in [2.05, 4.69) is 41.4 Å². The first-order valence-electron chi connectivity index (χ1n) is 9.17. The first kappa shape index (κ1) is 18.7. The summed E-state index contributed by atoms with van der Waals surface area (Å²) in [4.78, 5) is 16.7. The minimum atomic E-state index is 0.223. The van der Waals surface area contributed by atoms with Crippen LogP contribution in [-0.4, -0.2) is 43.5 Å². The maximum atomic E-state index is 12.4. The smallest absolute Gasteiger partial charge is 0.223 e. The molecule has 1 N–H and O–H groups in total. The number of piperazine rings is 1. The molecule has 0 aromatic heterocycles. The van der Waals surface area contributed by atoms with Crippen LogP contribution in [0.25, 0.3) is 0 Å². The number of carbonyl (C=O) groups excluding carboxylic acids is 1. The van der Waals surface area contributed by atoms with Gasteiger partial charge >= 0.3 is 0 Å². The van der Waals surface area contributed by atoms with E-state index in [1.54, 1.807) is 0 Å². The monoisotopic (exact) mass is 371 g/mol. The molecular weight excluding hydrogens is 346 g/mol. The molecule has 1 aliphatic rings. The number of benzene rings is 2. The van der Waals surface area contributed by atoms with Crippen LogP contribution in [-0.2, 0) is 11.3 Å². The fourth-order valence-electron chi connectivity index (χ4n) is 3.26. The van der Waals surface area contributed by atoms with Crippen LogP contribution in [0.3, 0.4) is 0 Å². The number of amides is 1. The molecule has 5 heteroatoms. The highest BCUT2D eigenvalue weighted by molar-refractivity contribution is 6.31. The Hall–Kier alpha value is -2.04. The quantitative estimate of drug-likeness (QED) is 0.790. The van der Waals surface area contributed by atoms with Crippen molar-refractivity contribution < 1.29 is 4.79 Å². The molecule has 1 aliphatic heterocycles. The molecule has 2 aromatic carbocycles. The van der Waals surface area contributed by atoms with Crippen molar-refractivity contribution in [1.29, 1.82) is 0 Å². The lowest BCUT2D eigenvalue weighted by Gasteiger charge is -2.36. The molecule has 0 atom stereocenters. The van der Waals surface area contributed by atoms with Gasteiger partial charge in [0.25, 0.3) is 0 Å². The number of anilines is 1. The minimum absolute atomic E-state index is 0.223. The Morgan fingerprint density at radius 2 is 1.85 bits per heavy atom. The number of hydrogen-bond acceptors (Lipinski definition) is 3. The van der Waals surface area contributed by atoms with Crippen molar-refractivity contribution in [3.05, 3.63) is 64.7 Å². The van der Waals surface area contributed by atoms with Gasteiger partial charge in [0.15, 0.2) is 0 Å². The summed E-state index contributed by atoms with van der Waals surface area (Å²) in [7, 11) is 0. The van der Waals surface area contributed by atoms with Gasteiger partial charge in [-0.1, -0.05) is 41.9 Å². The van der Waals surface area contributed by atoms with Gasteiger partial charge in [-0.15, -0.1) is 0 Å². The Morgan fingerprint density at radius 3 is 2.58 bits per heavy atom. The highest BCUT2D eigenvalue weighted by atomic mass is 35.5. The second-order valence-electron chi connectivity index (χ2n) is 6.73. The first-order valence-corrected chi connectivity index (χ1v) is 9.55. The lowest BCUT2D eigenvalue weighted by molar-refractivity contribution is -0.131. The second kappa shape index (κ2) is 9.06. The van der Waals surface area contributed by atoms with Crippen LogP contribution < -0.4 is 10.2 Å². The minimum Gasteiger partial charge on any atom is -0.368 e. The maximum Gasteiger partial charge on any atom is 0.223 e. The van der Waals surface area contributed by atoms with Crippen LogP contribution in [0.5, 0.6) is 0 Å². The van der Waals surface area contributed by atoms with Crippen LogP contribution in [0.4, 0.5) is 5.69 Å². The summed E-state index contributed by atoms with van der Waals surface area (Å²) in [5, 5.41) is 4.07. The van der Waals surface area contributed by atoms with Gasteiger partial charge in [-0.25, -0.2) is 0 Å². The molecule has 0 radical (unpaired) electrons. The van der Waals surface area contributed by atoms with Crippen molar-refractivity contribution in [3.8, 4) is 0 Å². The van der Waals surface area contributed by atoms with Crippen LogP contribution in [0.1, 0.15) is 17.5 Å². The Kier molecular flexibility index (Phi) is 6.53. The van der Waals surface area contributed by atoms with Gasteiger partial charge in [0.05, 0.1) is 0 Å². The average molecular weight is 372 g/mol. The summed E-state index contributed by atoms with van der Waals surface area (Å²) < 4.78 is 0. The number of halogens is 1. The van der Waals surface area contributed by atoms with Gasteiger partial charge < -0.3 is 15.1 Å². The van der Waals surface area contributed by atoms with Crippen molar-refractivity contribution in [2.75, 3.05) is 37.6 Å². The molecule has 3 rings (SSSR count). The van der Waals surface area contributed by atoms with E-state index in [0.29, 0.717) is 19.5 Å².